The van der Waals surface area contributed by atoms with E-state index in [1.807, 2.05) is 56.5 Å². The zero-order chi connectivity index (χ0) is 37.8. The number of aromatic nitrogens is 1. The predicted octanol–water partition coefficient (Wildman–Crippen LogP) is 4.50. The van der Waals surface area contributed by atoms with Gasteiger partial charge in [-0.3, -0.25) is 4.79 Å². The van der Waals surface area contributed by atoms with Crippen molar-refractivity contribution in [1.82, 2.24) is 24.8 Å². The number of nitrogens with one attached hydrogen (secondary N) is 2. The molecule has 1 aliphatic rings. The molecule has 1 saturated carbocycles. The van der Waals surface area contributed by atoms with E-state index in [0.717, 1.165) is 36.3 Å². The van der Waals surface area contributed by atoms with Crippen LogP contribution in [0.15, 0.2) is 70.0 Å². The van der Waals surface area contributed by atoms with Crippen molar-refractivity contribution in [2.24, 2.45) is 22.7 Å². The van der Waals surface area contributed by atoms with Gasteiger partial charge in [-0.1, -0.05) is 80.7 Å². The number of oxime groups is 1. The number of hydrogen-bond acceptors (Lipinski definition) is 10. The Labute approximate surface area is 311 Å². The average Bonchev–Trinajstić information content (AvgIpc) is 3.83. The fraction of sp³-hybridized carbons (Fsp3) is 0.514. The highest BCUT2D eigenvalue weighted by Gasteiger charge is 2.35. The lowest BCUT2D eigenvalue weighted by Crippen LogP contribution is -2.58. The minimum Gasteiger partial charge on any atom is -0.411 e. The minimum absolute atomic E-state index is 0.0477. The van der Waals surface area contributed by atoms with Crippen molar-refractivity contribution in [2.75, 3.05) is 20.1 Å². The van der Waals surface area contributed by atoms with Crippen LogP contribution in [0.2, 0.25) is 0 Å². The summed E-state index contributed by atoms with van der Waals surface area (Å²) in [5, 5.41) is 32.3. The summed E-state index contributed by atoms with van der Waals surface area (Å²) in [5.41, 5.74) is 8.02. The normalized spacial score (nSPS) is 16.8. The Morgan fingerprint density at radius 2 is 1.77 bits per heavy atom. The van der Waals surface area contributed by atoms with Crippen LogP contribution in [-0.4, -0.2) is 89.4 Å². The highest BCUT2D eigenvalue weighted by atomic mass is 32.2. The van der Waals surface area contributed by atoms with E-state index >= 15 is 0 Å². The largest absolute Gasteiger partial charge is 0.411 e. The Balaban J connectivity index is 1.56. The first-order chi connectivity index (χ1) is 24.8. The molecule has 0 unspecified atom stereocenters. The minimum atomic E-state index is -4.06. The Morgan fingerprint density at radius 3 is 2.37 bits per heavy atom. The van der Waals surface area contributed by atoms with Gasteiger partial charge in [0.25, 0.3) is 0 Å². The van der Waals surface area contributed by atoms with Crippen LogP contribution in [0.1, 0.15) is 80.7 Å². The summed E-state index contributed by atoms with van der Waals surface area (Å²) >= 11 is 1.43. The first-order valence-corrected chi connectivity index (χ1v) is 20.2. The van der Waals surface area contributed by atoms with Crippen molar-refractivity contribution in [2.45, 2.75) is 95.0 Å². The van der Waals surface area contributed by atoms with E-state index < -0.39 is 40.1 Å². The SMILES string of the molecule is CC[C@H](C)[C@H](NC(=O)N(C)Cc1csc([C@H](C)N)n1)C(=O)N[C@@H](Cc1ccccc1)[C@H](O)CN(CC1CCCC1)S(=O)(=O)c1ccc(/C=N/O)cc1. The molecule has 0 saturated heterocycles. The summed E-state index contributed by atoms with van der Waals surface area (Å²) in [4.78, 5) is 33.5. The highest BCUT2D eigenvalue weighted by molar-refractivity contribution is 7.89. The number of rotatable bonds is 18. The van der Waals surface area contributed by atoms with E-state index in [9.17, 15) is 23.1 Å². The van der Waals surface area contributed by atoms with Crippen molar-refractivity contribution < 1.29 is 28.3 Å². The first kappa shape index (κ1) is 40.9. The monoisotopic (exact) mass is 755 g/mol. The highest BCUT2D eigenvalue weighted by Crippen LogP contribution is 2.28. The molecule has 3 amide bonds. The van der Waals surface area contributed by atoms with Gasteiger partial charge >= 0.3 is 6.03 Å². The number of aliphatic hydroxyl groups excluding tert-OH is 1. The van der Waals surface area contributed by atoms with Crippen LogP contribution in [0, 0.1) is 11.8 Å². The molecule has 5 atom stereocenters. The number of thiazole rings is 1. The summed E-state index contributed by atoms with van der Waals surface area (Å²) in [7, 11) is -2.43. The van der Waals surface area contributed by atoms with E-state index in [1.54, 1.807) is 19.2 Å². The Morgan fingerprint density at radius 1 is 1.10 bits per heavy atom. The van der Waals surface area contributed by atoms with Gasteiger partial charge in [-0.25, -0.2) is 18.2 Å². The van der Waals surface area contributed by atoms with E-state index in [2.05, 4.69) is 20.8 Å². The molecule has 0 radical (unpaired) electrons. The Kier molecular flexibility index (Phi) is 15.1. The fourth-order valence-electron chi connectivity index (χ4n) is 6.32. The summed E-state index contributed by atoms with van der Waals surface area (Å²) in [5.74, 6) is -0.592. The van der Waals surface area contributed by atoms with Gasteiger partial charge in [-0.05, 0) is 61.3 Å². The van der Waals surface area contributed by atoms with Gasteiger partial charge in [-0.2, -0.15) is 4.31 Å². The van der Waals surface area contributed by atoms with E-state index in [-0.39, 0.29) is 48.8 Å². The maximum atomic E-state index is 14.1. The second-order valence-electron chi connectivity index (χ2n) is 13.8. The number of aliphatic hydroxyl groups is 1. The number of nitrogens with two attached hydrogens (primary N) is 1. The van der Waals surface area contributed by atoms with Gasteiger partial charge < -0.3 is 31.6 Å². The van der Waals surface area contributed by atoms with Gasteiger partial charge in [0.05, 0.1) is 41.5 Å². The van der Waals surface area contributed by atoms with Gasteiger partial charge in [0, 0.05) is 25.5 Å². The Hall–Kier alpha value is -3.89. The number of nitrogens with zero attached hydrogens (tertiary/aromatic N) is 4. The smallest absolute Gasteiger partial charge is 0.318 e. The van der Waals surface area contributed by atoms with Crippen LogP contribution in [0.4, 0.5) is 4.79 Å². The van der Waals surface area contributed by atoms with Crippen molar-refractivity contribution in [3.8, 4) is 0 Å². The third-order valence-corrected chi connectivity index (χ3v) is 12.6. The maximum Gasteiger partial charge on any atom is 0.318 e. The third kappa shape index (κ3) is 11.3. The molecule has 0 spiro atoms. The number of carbonyl (C=O) groups is 2. The van der Waals surface area contributed by atoms with Gasteiger partial charge in [0.2, 0.25) is 15.9 Å². The average molecular weight is 756 g/mol. The second kappa shape index (κ2) is 19.3. The number of hydrogen-bond donors (Lipinski definition) is 5. The maximum absolute atomic E-state index is 14.1. The molecule has 1 heterocycles. The van der Waals surface area contributed by atoms with Crippen molar-refractivity contribution in [3.63, 3.8) is 0 Å². The molecule has 284 valence electrons. The first-order valence-electron chi connectivity index (χ1n) is 17.8. The van der Waals surface area contributed by atoms with Crippen LogP contribution < -0.4 is 16.4 Å². The zero-order valence-corrected chi connectivity index (χ0v) is 32.0. The lowest BCUT2D eigenvalue weighted by atomic mass is 9.96. The van der Waals surface area contributed by atoms with Crippen LogP contribution in [0.25, 0.3) is 0 Å². The van der Waals surface area contributed by atoms with E-state index in [4.69, 9.17) is 10.9 Å². The lowest BCUT2D eigenvalue weighted by molar-refractivity contribution is -0.125. The third-order valence-electron chi connectivity index (χ3n) is 9.62. The number of urea groups is 1. The molecule has 15 heteroatoms. The van der Waals surface area contributed by atoms with E-state index in [0.29, 0.717) is 17.7 Å². The van der Waals surface area contributed by atoms with Crippen molar-refractivity contribution in [1.29, 1.82) is 0 Å². The molecule has 13 nitrogen and oxygen atoms in total. The molecule has 1 aromatic heterocycles. The number of carbonyl (C=O) groups excluding carboxylic acids is 2. The summed E-state index contributed by atoms with van der Waals surface area (Å²) < 4.78 is 29.5. The predicted molar refractivity (Wildman–Crippen MR) is 203 cm³/mol. The van der Waals surface area contributed by atoms with Crippen molar-refractivity contribution >= 4 is 39.5 Å². The molecular weight excluding hydrogens is 703 g/mol. The summed E-state index contributed by atoms with van der Waals surface area (Å²) in [6.45, 7) is 5.84. The van der Waals surface area contributed by atoms with Gasteiger partial charge in [-0.15, -0.1) is 11.3 Å². The topological polar surface area (TPSA) is 191 Å². The molecule has 52 heavy (non-hydrogen) atoms. The number of benzene rings is 2. The molecule has 1 aliphatic carbocycles. The molecular formula is C37H53N7O6S2. The summed E-state index contributed by atoms with van der Waals surface area (Å²) in [6.07, 6.45) is 4.54. The fourth-order valence-corrected chi connectivity index (χ4v) is 8.62. The zero-order valence-electron chi connectivity index (χ0n) is 30.4. The molecule has 0 aliphatic heterocycles. The standard InChI is InChI=1S/C37H53N7O6S2/c1-5-25(2)34(42-37(47)43(4)22-30-24-51-36(40-30)26(3)38)35(46)41-32(19-27-11-7-6-8-12-27)33(45)23-44(21-29-13-9-10-14-29)52(49,50)31-17-15-28(16-18-31)20-39-48/h6-8,11-12,15-18,20,24-26,29,32-34,45,48H,5,9-10,13-14,19,21-23,38H2,1-4H3,(H,41,46)(H,42,47)/b39-20+/t25-,26-,32-,33+,34-/m0/s1. The van der Waals surface area contributed by atoms with Crippen LogP contribution in [0.5, 0.6) is 0 Å². The van der Waals surface area contributed by atoms with Crippen LogP contribution >= 0.6 is 11.3 Å². The number of amides is 3. The van der Waals surface area contributed by atoms with E-state index in [1.165, 1.54) is 38.9 Å². The quantitative estimate of drug-likeness (QED) is 0.0713. The Bertz CT molecular complexity index is 1710. The molecule has 0 bridgehead atoms. The molecule has 2 aromatic carbocycles. The second-order valence-corrected chi connectivity index (χ2v) is 16.6. The lowest BCUT2D eigenvalue weighted by Gasteiger charge is -2.33. The molecule has 4 rings (SSSR count). The van der Waals surface area contributed by atoms with Crippen LogP contribution in [0.3, 0.4) is 0 Å². The molecule has 1 fully saturated rings. The molecule has 6 N–H and O–H groups in total. The number of sulfonamides is 1. The van der Waals surface area contributed by atoms with Gasteiger partial charge in [0.15, 0.2) is 0 Å². The van der Waals surface area contributed by atoms with Crippen LogP contribution in [-0.2, 0) is 27.8 Å². The summed E-state index contributed by atoms with van der Waals surface area (Å²) in [6, 6.07) is 12.9. The molecule has 3 aromatic rings. The van der Waals surface area contributed by atoms with Gasteiger partial charge in [0.1, 0.15) is 11.0 Å². The van der Waals surface area contributed by atoms with Crippen molar-refractivity contribution in [3.05, 3.63) is 81.8 Å².